The van der Waals surface area contributed by atoms with Gasteiger partial charge in [-0.3, -0.25) is 0 Å². The van der Waals surface area contributed by atoms with Crippen molar-refractivity contribution in [2.75, 3.05) is 23.8 Å². The predicted molar refractivity (Wildman–Crippen MR) is 77.4 cm³/mol. The maximum atomic E-state index is 6.04. The minimum Gasteiger partial charge on any atom is -0.383 e. The van der Waals surface area contributed by atoms with E-state index in [-0.39, 0.29) is 6.10 Å². The lowest BCUT2D eigenvalue weighted by molar-refractivity contribution is 0.0295. The van der Waals surface area contributed by atoms with Gasteiger partial charge < -0.3 is 15.4 Å². The Morgan fingerprint density at radius 2 is 2.21 bits per heavy atom. The van der Waals surface area contributed by atoms with Crippen molar-refractivity contribution < 1.29 is 4.74 Å². The molecule has 2 N–H and O–H groups in total. The Hall–Kier alpha value is -1.36. The predicted octanol–water partition coefficient (Wildman–Crippen LogP) is 2.19. The SMILES string of the molecule is CCC1COC(C)CN1c1ncnc(N)c1C(C)C. The summed E-state index contributed by atoms with van der Waals surface area (Å²) in [5.41, 5.74) is 7.09. The monoisotopic (exact) mass is 264 g/mol. The van der Waals surface area contributed by atoms with E-state index < -0.39 is 0 Å². The summed E-state index contributed by atoms with van der Waals surface area (Å²) in [6.45, 7) is 10.1. The highest BCUT2D eigenvalue weighted by Crippen LogP contribution is 2.32. The molecule has 2 unspecified atom stereocenters. The molecule has 106 valence electrons. The minimum absolute atomic E-state index is 0.221. The molecule has 1 aromatic heterocycles. The second-order valence-electron chi connectivity index (χ2n) is 5.51. The van der Waals surface area contributed by atoms with E-state index in [1.165, 1.54) is 0 Å². The normalized spacial score (nSPS) is 23.9. The second-order valence-corrected chi connectivity index (χ2v) is 5.51. The zero-order valence-corrected chi connectivity index (χ0v) is 12.3. The minimum atomic E-state index is 0.221. The number of rotatable bonds is 3. The number of nitrogens with two attached hydrogens (primary N) is 1. The van der Waals surface area contributed by atoms with Crippen molar-refractivity contribution in [2.45, 2.75) is 52.2 Å². The molecule has 2 atom stereocenters. The Morgan fingerprint density at radius 1 is 1.47 bits per heavy atom. The van der Waals surface area contributed by atoms with Crippen molar-refractivity contribution in [1.82, 2.24) is 9.97 Å². The molecular formula is C14H24N4O. The molecule has 1 aliphatic rings. The van der Waals surface area contributed by atoms with Gasteiger partial charge in [-0.1, -0.05) is 20.8 Å². The lowest BCUT2D eigenvalue weighted by atomic mass is 10.0. The maximum Gasteiger partial charge on any atom is 0.137 e. The molecule has 0 radical (unpaired) electrons. The highest BCUT2D eigenvalue weighted by atomic mass is 16.5. The summed E-state index contributed by atoms with van der Waals surface area (Å²) in [6.07, 6.45) is 2.82. The maximum absolute atomic E-state index is 6.04. The lowest BCUT2D eigenvalue weighted by Gasteiger charge is -2.40. The Kier molecular flexibility index (Phi) is 4.24. The van der Waals surface area contributed by atoms with Crippen molar-refractivity contribution in [3.05, 3.63) is 11.9 Å². The van der Waals surface area contributed by atoms with E-state index in [0.717, 1.165) is 31.0 Å². The molecule has 2 heterocycles. The topological polar surface area (TPSA) is 64.3 Å². The van der Waals surface area contributed by atoms with Crippen LogP contribution in [0.2, 0.25) is 0 Å². The number of ether oxygens (including phenoxy) is 1. The molecule has 0 amide bonds. The average Bonchev–Trinajstić information content (AvgIpc) is 2.37. The molecule has 1 saturated heterocycles. The first kappa shape index (κ1) is 14.1. The summed E-state index contributed by atoms with van der Waals surface area (Å²) in [5.74, 6) is 1.88. The van der Waals surface area contributed by atoms with E-state index in [9.17, 15) is 0 Å². The van der Waals surface area contributed by atoms with Gasteiger partial charge in [0.1, 0.15) is 18.0 Å². The molecule has 0 aromatic carbocycles. The summed E-state index contributed by atoms with van der Waals surface area (Å²) in [7, 11) is 0. The highest BCUT2D eigenvalue weighted by Gasteiger charge is 2.29. The van der Waals surface area contributed by atoms with Gasteiger partial charge in [0, 0.05) is 12.1 Å². The van der Waals surface area contributed by atoms with Gasteiger partial charge in [0.25, 0.3) is 0 Å². The summed E-state index contributed by atoms with van der Waals surface area (Å²) < 4.78 is 5.75. The van der Waals surface area contributed by atoms with Gasteiger partial charge in [-0.25, -0.2) is 9.97 Å². The van der Waals surface area contributed by atoms with Crippen LogP contribution in [0.3, 0.4) is 0 Å². The molecule has 5 heteroatoms. The third-order valence-corrected chi connectivity index (χ3v) is 3.68. The lowest BCUT2D eigenvalue weighted by Crippen LogP contribution is -2.49. The number of nitrogen functional groups attached to an aromatic ring is 1. The van der Waals surface area contributed by atoms with Crippen LogP contribution in [-0.4, -0.2) is 35.3 Å². The van der Waals surface area contributed by atoms with Crippen LogP contribution in [0.1, 0.15) is 45.6 Å². The van der Waals surface area contributed by atoms with Gasteiger partial charge in [0.2, 0.25) is 0 Å². The van der Waals surface area contributed by atoms with E-state index in [0.29, 0.717) is 17.8 Å². The number of morpholine rings is 1. The van der Waals surface area contributed by atoms with Crippen LogP contribution in [-0.2, 0) is 4.74 Å². The van der Waals surface area contributed by atoms with Crippen molar-refractivity contribution in [3.8, 4) is 0 Å². The van der Waals surface area contributed by atoms with Gasteiger partial charge in [-0.05, 0) is 19.3 Å². The number of nitrogens with zero attached hydrogens (tertiary/aromatic N) is 3. The van der Waals surface area contributed by atoms with Gasteiger partial charge in [-0.2, -0.15) is 0 Å². The van der Waals surface area contributed by atoms with Crippen LogP contribution < -0.4 is 10.6 Å². The van der Waals surface area contributed by atoms with Crippen LogP contribution in [0, 0.1) is 0 Å². The van der Waals surface area contributed by atoms with Crippen molar-refractivity contribution >= 4 is 11.6 Å². The molecule has 5 nitrogen and oxygen atoms in total. The van der Waals surface area contributed by atoms with Crippen LogP contribution in [0.15, 0.2) is 6.33 Å². The van der Waals surface area contributed by atoms with Crippen LogP contribution in [0.4, 0.5) is 11.6 Å². The summed E-state index contributed by atoms with van der Waals surface area (Å²) in [4.78, 5) is 11.0. The summed E-state index contributed by atoms with van der Waals surface area (Å²) >= 11 is 0. The number of hydrogen-bond donors (Lipinski definition) is 1. The number of aromatic nitrogens is 2. The second kappa shape index (κ2) is 5.74. The smallest absolute Gasteiger partial charge is 0.137 e. The van der Waals surface area contributed by atoms with Crippen molar-refractivity contribution in [3.63, 3.8) is 0 Å². The van der Waals surface area contributed by atoms with Crippen LogP contribution >= 0.6 is 0 Å². The van der Waals surface area contributed by atoms with Gasteiger partial charge in [0.05, 0.1) is 18.8 Å². The van der Waals surface area contributed by atoms with E-state index in [1.54, 1.807) is 6.33 Å². The largest absolute Gasteiger partial charge is 0.383 e. The molecule has 0 spiro atoms. The molecule has 1 aromatic rings. The third-order valence-electron chi connectivity index (χ3n) is 3.68. The van der Waals surface area contributed by atoms with Gasteiger partial charge >= 0.3 is 0 Å². The van der Waals surface area contributed by atoms with Gasteiger partial charge in [0.15, 0.2) is 0 Å². The average molecular weight is 264 g/mol. The van der Waals surface area contributed by atoms with Crippen LogP contribution in [0.5, 0.6) is 0 Å². The fourth-order valence-corrected chi connectivity index (χ4v) is 2.62. The zero-order chi connectivity index (χ0) is 14.0. The van der Waals surface area contributed by atoms with E-state index >= 15 is 0 Å². The Balaban J connectivity index is 2.41. The molecule has 1 aliphatic heterocycles. The molecule has 19 heavy (non-hydrogen) atoms. The van der Waals surface area contributed by atoms with Gasteiger partial charge in [-0.15, -0.1) is 0 Å². The first-order valence-electron chi connectivity index (χ1n) is 7.03. The molecule has 0 saturated carbocycles. The number of anilines is 2. The Bertz CT molecular complexity index is 435. The molecule has 1 fully saturated rings. The zero-order valence-electron chi connectivity index (χ0n) is 12.3. The fraction of sp³-hybridized carbons (Fsp3) is 0.714. The summed E-state index contributed by atoms with van der Waals surface area (Å²) in [5, 5.41) is 0. The standard InChI is InChI=1S/C14H24N4O/c1-5-11-7-19-10(4)6-18(11)14-12(9(2)3)13(15)16-8-17-14/h8-11H,5-7H2,1-4H3,(H2,15,16,17). The quantitative estimate of drug-likeness (QED) is 0.906. The fourth-order valence-electron chi connectivity index (χ4n) is 2.62. The summed E-state index contributed by atoms with van der Waals surface area (Å²) in [6, 6.07) is 0.364. The van der Waals surface area contributed by atoms with E-state index in [2.05, 4.69) is 42.6 Å². The molecular weight excluding hydrogens is 240 g/mol. The number of hydrogen-bond acceptors (Lipinski definition) is 5. The molecule has 0 aliphatic carbocycles. The van der Waals surface area contributed by atoms with E-state index in [1.807, 2.05) is 0 Å². The van der Waals surface area contributed by atoms with Crippen molar-refractivity contribution in [2.24, 2.45) is 0 Å². The van der Waals surface area contributed by atoms with Crippen LogP contribution in [0.25, 0.3) is 0 Å². The molecule has 2 rings (SSSR count). The van der Waals surface area contributed by atoms with Crippen molar-refractivity contribution in [1.29, 1.82) is 0 Å². The van der Waals surface area contributed by atoms with E-state index in [4.69, 9.17) is 10.5 Å². The third kappa shape index (κ3) is 2.81. The highest BCUT2D eigenvalue weighted by molar-refractivity contribution is 5.59. The Morgan fingerprint density at radius 3 is 2.84 bits per heavy atom. The Labute approximate surface area is 115 Å². The first-order valence-corrected chi connectivity index (χ1v) is 7.03. The first-order chi connectivity index (χ1) is 9.04. The molecule has 0 bridgehead atoms.